The smallest absolute Gasteiger partial charge is 0.417 e. The van der Waals surface area contributed by atoms with Gasteiger partial charge in [0.15, 0.2) is 0 Å². The van der Waals surface area contributed by atoms with E-state index in [1.165, 1.54) is 70.3 Å². The third-order valence-electron chi connectivity index (χ3n) is 6.96. The number of halogens is 3. The zero-order valence-electron chi connectivity index (χ0n) is 24.3. The van der Waals surface area contributed by atoms with Crippen molar-refractivity contribution in [3.8, 4) is 11.8 Å². The molecule has 0 heterocycles. The second kappa shape index (κ2) is 17.6. The molecule has 2 aromatic rings. The van der Waals surface area contributed by atoms with Crippen LogP contribution in [-0.4, -0.2) is 12.0 Å². The topological polar surface area (TPSA) is 62.1 Å². The van der Waals surface area contributed by atoms with Crippen molar-refractivity contribution >= 4 is 11.6 Å². The summed E-state index contributed by atoms with van der Waals surface area (Å²) in [5.41, 5.74) is -0.442. The fourth-order valence-electron chi connectivity index (χ4n) is 4.88. The molecule has 0 saturated carbocycles. The lowest BCUT2D eigenvalue weighted by Crippen LogP contribution is -2.18. The minimum atomic E-state index is -4.70. The number of hydrogen-bond donors (Lipinski definition) is 1. The summed E-state index contributed by atoms with van der Waals surface area (Å²) < 4.78 is 46.2. The van der Waals surface area contributed by atoms with Crippen molar-refractivity contribution in [2.75, 3.05) is 5.32 Å². The number of carbonyl (C=O) groups is 1. The van der Waals surface area contributed by atoms with Gasteiger partial charge in [0.2, 0.25) is 0 Å². The number of nitrogens with zero attached hydrogens (tertiary/aromatic N) is 1. The Bertz CT molecular complexity index is 1090. The van der Waals surface area contributed by atoms with E-state index < -0.39 is 23.2 Å². The Labute approximate surface area is 238 Å². The highest BCUT2D eigenvalue weighted by atomic mass is 19.4. The van der Waals surface area contributed by atoms with Gasteiger partial charge in [-0.3, -0.25) is 4.79 Å². The molecule has 0 aliphatic rings. The van der Waals surface area contributed by atoms with Gasteiger partial charge in [0, 0.05) is 5.69 Å². The standard InChI is InChI=1S/C33H45F3N2O2/c1-4-5-6-7-8-9-10-11-12-13-14-15-16-18-26-19-17-20-30(40-25(2)3)31(26)32(39)38-28-22-21-27(24-37)29(23-28)33(34,35)36/h17,19-23,25H,4-16,18H2,1-3H3,(H,38,39). The quantitative estimate of drug-likeness (QED) is 0.185. The molecular formula is C33H45F3N2O2. The molecule has 4 nitrogen and oxygen atoms in total. The highest BCUT2D eigenvalue weighted by Crippen LogP contribution is 2.34. The molecule has 1 amide bonds. The number of alkyl halides is 3. The van der Waals surface area contributed by atoms with Crippen LogP contribution in [0.5, 0.6) is 5.75 Å². The van der Waals surface area contributed by atoms with Crippen molar-refractivity contribution < 1.29 is 22.7 Å². The van der Waals surface area contributed by atoms with Crippen molar-refractivity contribution in [1.82, 2.24) is 0 Å². The van der Waals surface area contributed by atoms with Crippen LogP contribution in [0.4, 0.5) is 18.9 Å². The minimum absolute atomic E-state index is 0.0254. The fraction of sp³-hybridized carbons (Fsp3) is 0.576. The van der Waals surface area contributed by atoms with Gasteiger partial charge in [0.25, 0.3) is 5.91 Å². The monoisotopic (exact) mass is 558 g/mol. The number of ether oxygens (including phenoxy) is 1. The molecule has 2 aromatic carbocycles. The van der Waals surface area contributed by atoms with Gasteiger partial charge in [0.05, 0.1) is 28.9 Å². The van der Waals surface area contributed by atoms with Crippen LogP contribution in [0.25, 0.3) is 0 Å². The first-order valence-electron chi connectivity index (χ1n) is 14.9. The van der Waals surface area contributed by atoms with Gasteiger partial charge in [-0.25, -0.2) is 0 Å². The first-order valence-corrected chi connectivity index (χ1v) is 14.9. The SMILES string of the molecule is CCCCCCCCCCCCCCCc1cccc(OC(C)C)c1C(=O)Nc1ccc(C#N)c(C(F)(F)F)c1. The molecular weight excluding hydrogens is 513 g/mol. The number of hydrogen-bond acceptors (Lipinski definition) is 3. The Balaban J connectivity index is 1.95. The summed E-state index contributed by atoms with van der Waals surface area (Å²) in [6.45, 7) is 5.96. The van der Waals surface area contributed by atoms with Crippen LogP contribution in [0.3, 0.4) is 0 Å². The molecule has 0 unspecified atom stereocenters. The van der Waals surface area contributed by atoms with Gasteiger partial charge in [-0.2, -0.15) is 18.4 Å². The molecule has 220 valence electrons. The van der Waals surface area contributed by atoms with Gasteiger partial charge >= 0.3 is 6.18 Å². The molecule has 0 aromatic heterocycles. The van der Waals surface area contributed by atoms with Crippen LogP contribution in [-0.2, 0) is 12.6 Å². The van der Waals surface area contributed by atoms with Crippen molar-refractivity contribution in [3.63, 3.8) is 0 Å². The predicted octanol–water partition coefficient (Wildman–Crippen LogP) is 10.3. The van der Waals surface area contributed by atoms with Crippen molar-refractivity contribution in [2.45, 2.75) is 123 Å². The molecule has 0 radical (unpaired) electrons. The van der Waals surface area contributed by atoms with E-state index in [-0.39, 0.29) is 11.8 Å². The molecule has 0 fully saturated rings. The lowest BCUT2D eigenvalue weighted by Gasteiger charge is -2.18. The maximum atomic E-state index is 13.4. The molecule has 0 saturated heterocycles. The molecule has 1 N–H and O–H groups in total. The number of amides is 1. The third-order valence-corrected chi connectivity index (χ3v) is 6.96. The van der Waals surface area contributed by atoms with Gasteiger partial charge < -0.3 is 10.1 Å². The molecule has 0 spiro atoms. The summed E-state index contributed by atoms with van der Waals surface area (Å²) in [6.07, 6.45) is 12.0. The maximum Gasteiger partial charge on any atom is 0.417 e. The molecule has 40 heavy (non-hydrogen) atoms. The van der Waals surface area contributed by atoms with Gasteiger partial charge in [-0.1, -0.05) is 96.1 Å². The van der Waals surface area contributed by atoms with Gasteiger partial charge in [-0.15, -0.1) is 0 Å². The van der Waals surface area contributed by atoms with E-state index in [4.69, 9.17) is 10.00 Å². The Morgan fingerprint density at radius 1 is 0.900 bits per heavy atom. The van der Waals surface area contributed by atoms with Crippen molar-refractivity contribution in [3.05, 3.63) is 58.7 Å². The first-order chi connectivity index (χ1) is 19.2. The number of benzene rings is 2. The second-order valence-corrected chi connectivity index (χ2v) is 10.8. The molecule has 0 bridgehead atoms. The zero-order valence-corrected chi connectivity index (χ0v) is 24.3. The number of carbonyl (C=O) groups excluding carboxylic acids is 1. The molecule has 7 heteroatoms. The number of rotatable bonds is 18. The Morgan fingerprint density at radius 2 is 1.48 bits per heavy atom. The highest BCUT2D eigenvalue weighted by molar-refractivity contribution is 6.07. The third kappa shape index (κ3) is 11.6. The Hall–Kier alpha value is -3.01. The number of nitriles is 1. The number of unbranched alkanes of at least 4 members (excludes halogenated alkanes) is 12. The predicted molar refractivity (Wildman–Crippen MR) is 156 cm³/mol. The average molecular weight is 559 g/mol. The molecule has 0 aliphatic carbocycles. The van der Waals surface area contributed by atoms with Crippen LogP contribution in [0.2, 0.25) is 0 Å². The zero-order chi connectivity index (χ0) is 29.4. The van der Waals surface area contributed by atoms with Crippen LogP contribution in [0, 0.1) is 11.3 Å². The van der Waals surface area contributed by atoms with E-state index in [0.717, 1.165) is 37.0 Å². The maximum absolute atomic E-state index is 13.4. The Kier molecular flexibility index (Phi) is 14.6. The highest BCUT2D eigenvalue weighted by Gasteiger charge is 2.34. The summed E-state index contributed by atoms with van der Waals surface area (Å²) in [5.74, 6) is -0.122. The molecule has 0 atom stereocenters. The van der Waals surface area contributed by atoms with Crippen LogP contribution < -0.4 is 10.1 Å². The minimum Gasteiger partial charge on any atom is -0.490 e. The lowest BCUT2D eigenvalue weighted by atomic mass is 9.98. The van der Waals surface area contributed by atoms with E-state index in [1.54, 1.807) is 12.1 Å². The Morgan fingerprint density at radius 3 is 2.00 bits per heavy atom. The van der Waals surface area contributed by atoms with Crippen molar-refractivity contribution in [2.24, 2.45) is 0 Å². The normalized spacial score (nSPS) is 11.4. The van der Waals surface area contributed by atoms with E-state index in [1.807, 2.05) is 26.0 Å². The number of aryl methyl sites for hydroxylation is 1. The number of nitrogens with one attached hydrogen (secondary N) is 1. The van der Waals surface area contributed by atoms with E-state index >= 15 is 0 Å². The average Bonchev–Trinajstić information content (AvgIpc) is 2.90. The first kappa shape index (κ1) is 33.2. The van der Waals surface area contributed by atoms with Crippen molar-refractivity contribution in [1.29, 1.82) is 5.26 Å². The van der Waals surface area contributed by atoms with Crippen LogP contribution in [0.15, 0.2) is 36.4 Å². The van der Waals surface area contributed by atoms with Crippen LogP contribution in [0.1, 0.15) is 131 Å². The van der Waals surface area contributed by atoms with Crippen LogP contribution >= 0.6 is 0 Å². The molecule has 0 aliphatic heterocycles. The lowest BCUT2D eigenvalue weighted by molar-refractivity contribution is -0.137. The number of anilines is 1. The van der Waals surface area contributed by atoms with E-state index in [0.29, 0.717) is 17.7 Å². The second-order valence-electron chi connectivity index (χ2n) is 10.8. The summed E-state index contributed by atoms with van der Waals surface area (Å²) in [7, 11) is 0. The summed E-state index contributed by atoms with van der Waals surface area (Å²) in [5, 5.41) is 11.7. The van der Waals surface area contributed by atoms with E-state index in [2.05, 4.69) is 12.2 Å². The summed E-state index contributed by atoms with van der Waals surface area (Å²) in [4.78, 5) is 13.3. The summed E-state index contributed by atoms with van der Waals surface area (Å²) in [6, 6.07) is 10.2. The van der Waals surface area contributed by atoms with Gasteiger partial charge in [0.1, 0.15) is 5.75 Å². The largest absolute Gasteiger partial charge is 0.490 e. The summed E-state index contributed by atoms with van der Waals surface area (Å²) >= 11 is 0. The molecule has 2 rings (SSSR count). The van der Waals surface area contributed by atoms with Gasteiger partial charge in [-0.05, 0) is 56.5 Å². The fourth-order valence-corrected chi connectivity index (χ4v) is 4.88. The van der Waals surface area contributed by atoms with E-state index in [9.17, 15) is 18.0 Å².